The largest absolute Gasteiger partial charge is 0.318 e. The van der Waals surface area contributed by atoms with Gasteiger partial charge in [-0.25, -0.2) is 15.1 Å². The van der Waals surface area contributed by atoms with Gasteiger partial charge in [-0.2, -0.15) is 5.10 Å². The van der Waals surface area contributed by atoms with Gasteiger partial charge in [0.1, 0.15) is 18.3 Å². The Morgan fingerprint density at radius 3 is 2.82 bits per heavy atom. The van der Waals surface area contributed by atoms with Crippen molar-refractivity contribution in [2.45, 2.75) is 0 Å². The third-order valence-electron chi connectivity index (χ3n) is 4.07. The molecule has 0 saturated carbocycles. The Labute approximate surface area is 161 Å². The number of para-hydroxylation sites is 1. The van der Waals surface area contributed by atoms with Gasteiger partial charge in [0.05, 0.1) is 15.1 Å². The fourth-order valence-electron chi connectivity index (χ4n) is 2.69. The van der Waals surface area contributed by atoms with Gasteiger partial charge in [0, 0.05) is 18.7 Å². The van der Waals surface area contributed by atoms with Gasteiger partial charge in [-0.15, -0.1) is 5.10 Å². The van der Waals surface area contributed by atoms with Gasteiger partial charge in [0.25, 0.3) is 11.6 Å². The highest BCUT2D eigenvalue weighted by molar-refractivity contribution is 7.16. The lowest BCUT2D eigenvalue weighted by Crippen LogP contribution is -2.23. The molecule has 0 bridgehead atoms. The molecule has 0 spiro atoms. The van der Waals surface area contributed by atoms with Crippen molar-refractivity contribution in [1.29, 1.82) is 0 Å². The van der Waals surface area contributed by atoms with Crippen LogP contribution in [-0.2, 0) is 7.05 Å². The Hall–Kier alpha value is -3.86. The minimum absolute atomic E-state index is 0.114. The van der Waals surface area contributed by atoms with Crippen LogP contribution in [0.2, 0.25) is 0 Å². The van der Waals surface area contributed by atoms with E-state index in [2.05, 4.69) is 20.6 Å². The predicted molar refractivity (Wildman–Crippen MR) is 102 cm³/mol. The fraction of sp³-hybridized carbons (Fsp3) is 0.0588. The second kappa shape index (κ2) is 7.04. The van der Waals surface area contributed by atoms with Crippen LogP contribution >= 0.6 is 11.3 Å². The molecule has 0 atom stereocenters. The molecule has 0 unspecified atom stereocenters. The summed E-state index contributed by atoms with van der Waals surface area (Å²) in [6.07, 6.45) is 2.62. The fourth-order valence-corrected chi connectivity index (χ4v) is 3.67. The number of nitrogens with one attached hydrogen (secondary N) is 1. The van der Waals surface area contributed by atoms with E-state index < -0.39 is 10.8 Å². The average molecular weight is 395 g/mol. The molecule has 2 heterocycles. The normalized spacial score (nSPS) is 11.7. The van der Waals surface area contributed by atoms with E-state index in [0.717, 1.165) is 10.2 Å². The summed E-state index contributed by atoms with van der Waals surface area (Å²) in [4.78, 5) is 27.7. The maximum absolute atomic E-state index is 12.5. The van der Waals surface area contributed by atoms with E-state index in [1.807, 2.05) is 35.9 Å². The Kier molecular flexibility index (Phi) is 4.41. The van der Waals surface area contributed by atoms with Crippen molar-refractivity contribution in [2.24, 2.45) is 12.1 Å². The molecule has 28 heavy (non-hydrogen) atoms. The summed E-state index contributed by atoms with van der Waals surface area (Å²) in [5, 5.41) is 19.4. The first-order valence-corrected chi connectivity index (χ1v) is 8.88. The van der Waals surface area contributed by atoms with Crippen LogP contribution in [0.15, 0.2) is 60.2 Å². The smallest absolute Gasteiger partial charge is 0.295 e. The van der Waals surface area contributed by atoms with Crippen LogP contribution in [0.25, 0.3) is 15.9 Å². The van der Waals surface area contributed by atoms with Crippen LogP contribution in [-0.4, -0.2) is 30.2 Å². The molecule has 1 N–H and O–H groups in total. The van der Waals surface area contributed by atoms with Crippen molar-refractivity contribution < 1.29 is 9.72 Å². The van der Waals surface area contributed by atoms with Crippen LogP contribution in [0.3, 0.4) is 0 Å². The van der Waals surface area contributed by atoms with Gasteiger partial charge in [0.2, 0.25) is 4.80 Å². The highest BCUT2D eigenvalue weighted by Crippen LogP contribution is 2.23. The highest BCUT2D eigenvalue weighted by atomic mass is 32.1. The van der Waals surface area contributed by atoms with Gasteiger partial charge < -0.3 is 4.57 Å². The molecule has 140 valence electrons. The van der Waals surface area contributed by atoms with Crippen molar-refractivity contribution >= 4 is 33.1 Å². The van der Waals surface area contributed by atoms with Gasteiger partial charge in [-0.05, 0) is 24.3 Å². The Balaban J connectivity index is 1.65. The Morgan fingerprint density at radius 1 is 1.29 bits per heavy atom. The van der Waals surface area contributed by atoms with Crippen LogP contribution in [0.5, 0.6) is 0 Å². The molecule has 10 nitrogen and oxygen atoms in total. The molecule has 4 rings (SSSR count). The molecule has 4 aromatic rings. The maximum atomic E-state index is 12.5. The predicted octanol–water partition coefficient (Wildman–Crippen LogP) is 1.97. The second-order valence-corrected chi connectivity index (χ2v) is 6.77. The Morgan fingerprint density at radius 2 is 2.11 bits per heavy atom. The number of aromatic nitrogens is 4. The van der Waals surface area contributed by atoms with Crippen LogP contribution in [0.1, 0.15) is 10.4 Å². The Bertz CT molecular complexity index is 1260. The lowest BCUT2D eigenvalue weighted by molar-refractivity contribution is -0.384. The quantitative estimate of drug-likeness (QED) is 0.418. The zero-order chi connectivity index (χ0) is 19.7. The molecule has 0 aliphatic carbocycles. The number of nitro benzene ring substituents is 1. The summed E-state index contributed by atoms with van der Waals surface area (Å²) >= 11 is 1.42. The zero-order valence-corrected chi connectivity index (χ0v) is 15.3. The van der Waals surface area contributed by atoms with E-state index in [-0.39, 0.29) is 16.9 Å². The highest BCUT2D eigenvalue weighted by Gasteiger charge is 2.19. The summed E-state index contributed by atoms with van der Waals surface area (Å²) in [6, 6.07) is 11.9. The number of hydrogen-bond donors (Lipinski definition) is 1. The van der Waals surface area contributed by atoms with Crippen molar-refractivity contribution in [2.75, 3.05) is 0 Å². The van der Waals surface area contributed by atoms with E-state index in [4.69, 9.17) is 0 Å². The molecular formula is C17H13N7O3S. The topological polar surface area (TPSA) is 120 Å². The van der Waals surface area contributed by atoms with Crippen molar-refractivity contribution in [3.63, 3.8) is 0 Å². The molecule has 0 aliphatic rings. The third-order valence-corrected chi connectivity index (χ3v) is 5.18. The van der Waals surface area contributed by atoms with E-state index in [1.54, 1.807) is 0 Å². The number of rotatable bonds is 4. The summed E-state index contributed by atoms with van der Waals surface area (Å²) < 4.78 is 4.16. The van der Waals surface area contributed by atoms with Crippen LogP contribution in [0, 0.1) is 10.1 Å². The van der Waals surface area contributed by atoms with Gasteiger partial charge in [-0.1, -0.05) is 23.5 Å². The standard InChI is InChI=1S/C17H13N7O3S/c1-22-13-4-2-3-5-15(13)28-17(22)21-20-16(25)11-6-7-12(14(8-11)24(26)27)23-10-18-9-19-23/h2-10H,1H3,(H,20,25)/b21-17-. The molecule has 0 fully saturated rings. The maximum Gasteiger partial charge on any atom is 0.295 e. The molecule has 0 saturated heterocycles. The molecule has 0 radical (unpaired) electrons. The van der Waals surface area contributed by atoms with Crippen molar-refractivity contribution in [1.82, 2.24) is 24.8 Å². The summed E-state index contributed by atoms with van der Waals surface area (Å²) in [5.41, 5.74) is 3.52. The first-order chi connectivity index (χ1) is 13.5. The van der Waals surface area contributed by atoms with Gasteiger partial charge in [0.15, 0.2) is 0 Å². The number of nitro groups is 1. The van der Waals surface area contributed by atoms with Crippen LogP contribution in [0.4, 0.5) is 5.69 Å². The molecule has 1 amide bonds. The number of carbonyl (C=O) groups is 1. The summed E-state index contributed by atoms with van der Waals surface area (Å²) in [7, 11) is 1.85. The molecule has 0 aliphatic heterocycles. The first kappa shape index (κ1) is 17.5. The monoisotopic (exact) mass is 395 g/mol. The zero-order valence-electron chi connectivity index (χ0n) is 14.5. The first-order valence-electron chi connectivity index (χ1n) is 8.06. The number of aryl methyl sites for hydroxylation is 1. The van der Waals surface area contributed by atoms with E-state index in [9.17, 15) is 14.9 Å². The van der Waals surface area contributed by atoms with E-state index in [1.165, 1.54) is 46.9 Å². The van der Waals surface area contributed by atoms with Crippen molar-refractivity contribution in [3.8, 4) is 5.69 Å². The van der Waals surface area contributed by atoms with E-state index in [0.29, 0.717) is 4.80 Å². The number of nitrogens with zero attached hydrogens (tertiary/aromatic N) is 6. The third kappa shape index (κ3) is 3.14. The lowest BCUT2D eigenvalue weighted by Gasteiger charge is -2.05. The van der Waals surface area contributed by atoms with E-state index >= 15 is 0 Å². The number of amides is 1. The summed E-state index contributed by atoms with van der Waals surface area (Å²) in [5.74, 6) is -0.550. The van der Waals surface area contributed by atoms with Crippen molar-refractivity contribution in [3.05, 3.63) is 75.6 Å². The number of benzene rings is 2. The second-order valence-electron chi connectivity index (χ2n) is 5.76. The molecule has 11 heteroatoms. The molecular weight excluding hydrogens is 382 g/mol. The number of hydrogen-bond acceptors (Lipinski definition) is 7. The number of thiazole rings is 1. The van der Waals surface area contributed by atoms with Gasteiger partial charge >= 0.3 is 0 Å². The average Bonchev–Trinajstić information content (AvgIpc) is 3.34. The summed E-state index contributed by atoms with van der Waals surface area (Å²) in [6.45, 7) is 0. The number of carbonyl (C=O) groups excluding carboxylic acids is 1. The molecule has 2 aromatic heterocycles. The minimum Gasteiger partial charge on any atom is -0.318 e. The molecule has 2 aromatic carbocycles. The SMILES string of the molecule is Cn1/c(=N/NC(=O)c2ccc(-n3cncn3)c([N+](=O)[O-])c2)sc2ccccc21. The lowest BCUT2D eigenvalue weighted by atomic mass is 10.1. The minimum atomic E-state index is -0.572. The van der Waals surface area contributed by atoms with Gasteiger partial charge in [-0.3, -0.25) is 14.9 Å². The van der Waals surface area contributed by atoms with Crippen LogP contribution < -0.4 is 10.2 Å². The number of fused-ring (bicyclic) bond motifs is 1.